The first kappa shape index (κ1) is 24.0. The van der Waals surface area contributed by atoms with Crippen LogP contribution in [0.2, 0.25) is 0 Å². The van der Waals surface area contributed by atoms with Crippen LogP contribution in [-0.4, -0.2) is 92.3 Å². The van der Waals surface area contributed by atoms with E-state index in [2.05, 4.69) is 0 Å². The molecule has 0 aliphatic heterocycles. The molecule has 0 aliphatic rings. The van der Waals surface area contributed by atoms with Gasteiger partial charge in [0.1, 0.15) is 0 Å². The van der Waals surface area contributed by atoms with Gasteiger partial charge in [0, 0.05) is 0 Å². The summed E-state index contributed by atoms with van der Waals surface area (Å²) >= 11 is 0. The molecule has 0 saturated heterocycles. The van der Waals surface area contributed by atoms with E-state index < -0.39 is 19.8 Å². The van der Waals surface area contributed by atoms with Crippen molar-refractivity contribution in [3.05, 3.63) is 0 Å². The predicted octanol–water partition coefficient (Wildman–Crippen LogP) is -6.47. The number of hydrogen-bond acceptors (Lipinski definition) is 7. The van der Waals surface area contributed by atoms with Gasteiger partial charge in [0.05, 0.1) is 19.8 Å². The molecule has 1 N–H and O–H groups in total. The fraction of sp³-hybridized carbons (Fsp3) is 0. The van der Waals surface area contributed by atoms with Gasteiger partial charge in [0.15, 0.2) is 0 Å². The third-order valence-corrected chi connectivity index (χ3v) is 0.167. The van der Waals surface area contributed by atoms with Crippen LogP contribution in [0.4, 0.5) is 0 Å². The van der Waals surface area contributed by atoms with Gasteiger partial charge in [-0.2, -0.15) is 0 Å². The largest absolute Gasteiger partial charge is 2.00 e. The molecule has 0 fully saturated rings. The maximum absolute atomic E-state index is 8.93. The first-order valence-corrected chi connectivity index (χ1v) is 3.31. The minimum atomic E-state index is -5.14. The topological polar surface area (TPSA) is 164 Å². The summed E-state index contributed by atoms with van der Waals surface area (Å²) < 4.78 is 8.66. The Kier molecular flexibility index (Phi) is 21.5. The number of carbonyl (C=O) groups is 2. The fourth-order valence-corrected chi connectivity index (χ4v) is 0. The molecule has 0 amide bonds. The zero-order chi connectivity index (χ0) is 9.65. The van der Waals surface area contributed by atoms with Crippen LogP contribution in [0.5, 0.6) is 0 Å². The van der Waals surface area contributed by atoms with Crippen molar-refractivity contribution >= 4 is 95.2 Å². The summed E-state index contributed by atoms with van der Waals surface area (Å²) in [5.41, 5.74) is 0. The maximum Gasteiger partial charge on any atom is 2.00 e. The summed E-state index contributed by atoms with van der Waals surface area (Å²) in [6, 6.07) is 0. The Morgan fingerprint density at radius 1 is 1.00 bits per heavy atom. The summed E-state index contributed by atoms with van der Waals surface area (Å²) in [7, 11) is -5.14. The van der Waals surface area contributed by atoms with Gasteiger partial charge in [-0.25, -0.2) is 0 Å². The Bertz CT molecular complexity index is 176. The van der Waals surface area contributed by atoms with Crippen LogP contribution >= 0.6 is 7.82 Å². The predicted molar refractivity (Wildman–Crippen MR) is 31.3 cm³/mol. The number of phosphoric acid groups is 1. The standard InChI is InChI=1S/C2H2O4.2Ca.H3O4P/c3-1(4)2(5)6;;;1-5(2,3)4/h(H,3,4)(H,5,6);;;(H3,1,2,3,4)/q;2*+2;/p-4. The van der Waals surface area contributed by atoms with Crippen LogP contribution in [0, 0.1) is 0 Å². The molecule has 0 radical (unpaired) electrons. The molecular formula is C2HCa2O8P. The second kappa shape index (κ2) is 11.6. The molecule has 0 saturated carbocycles. The average Bonchev–Trinajstić information content (AvgIpc) is 1.59. The molecule has 11 heteroatoms. The van der Waals surface area contributed by atoms with Gasteiger partial charge in [0.25, 0.3) is 0 Å². The molecule has 0 rings (SSSR count). The van der Waals surface area contributed by atoms with Crippen molar-refractivity contribution < 1.29 is 39.0 Å². The van der Waals surface area contributed by atoms with Crippen molar-refractivity contribution in [1.29, 1.82) is 0 Å². The Morgan fingerprint density at radius 3 is 1.08 bits per heavy atom. The van der Waals surface area contributed by atoms with Crippen molar-refractivity contribution in [3.63, 3.8) is 0 Å². The van der Waals surface area contributed by atoms with Crippen molar-refractivity contribution in [2.75, 3.05) is 0 Å². The SMILES string of the molecule is O=C([O-])C(=O)[O-].O=P([O-])([O-])O.[Ca+2].[Ca+2]. The van der Waals surface area contributed by atoms with Crippen molar-refractivity contribution in [2.24, 2.45) is 0 Å². The Morgan fingerprint density at radius 2 is 1.08 bits per heavy atom. The van der Waals surface area contributed by atoms with E-state index in [0.29, 0.717) is 0 Å². The van der Waals surface area contributed by atoms with Gasteiger partial charge in [0.2, 0.25) is 0 Å². The molecule has 13 heavy (non-hydrogen) atoms. The summed E-state index contributed by atoms with van der Waals surface area (Å²) in [4.78, 5) is 42.1. The third-order valence-electron chi connectivity index (χ3n) is 0.167. The zero-order valence-corrected chi connectivity index (χ0v) is 11.5. The normalized spacial score (nSPS) is 7.92. The van der Waals surface area contributed by atoms with Crippen LogP contribution in [0.3, 0.4) is 0 Å². The number of carbonyl (C=O) groups excluding carboxylic acids is 2. The molecule has 0 spiro atoms. The molecule has 0 atom stereocenters. The Balaban J connectivity index is -0.0000000546. The fourth-order valence-electron chi connectivity index (χ4n) is 0. The van der Waals surface area contributed by atoms with E-state index in [-0.39, 0.29) is 75.5 Å². The minimum absolute atomic E-state index is 0. The van der Waals surface area contributed by atoms with Crippen molar-refractivity contribution in [1.82, 2.24) is 0 Å². The first-order chi connectivity index (χ1) is 4.64. The van der Waals surface area contributed by atoms with E-state index in [1.807, 2.05) is 0 Å². The Labute approximate surface area is 132 Å². The maximum atomic E-state index is 8.93. The van der Waals surface area contributed by atoms with E-state index in [1.54, 1.807) is 0 Å². The van der Waals surface area contributed by atoms with Crippen molar-refractivity contribution in [3.8, 4) is 0 Å². The number of carboxylic acid groups (broad SMARTS) is 2. The number of carboxylic acids is 2. The summed E-state index contributed by atoms with van der Waals surface area (Å²) in [5.74, 6) is -4.37. The van der Waals surface area contributed by atoms with Gasteiger partial charge in [-0.1, -0.05) is 0 Å². The summed E-state index contributed by atoms with van der Waals surface area (Å²) in [6.45, 7) is 0. The van der Waals surface area contributed by atoms with Gasteiger partial charge >= 0.3 is 75.5 Å². The molecule has 0 heterocycles. The molecular weight excluding hydrogens is 263 g/mol. The molecule has 0 aromatic carbocycles. The third kappa shape index (κ3) is 58.6. The quantitative estimate of drug-likeness (QED) is 0.256. The first-order valence-electron chi connectivity index (χ1n) is 1.81. The smallest absolute Gasteiger partial charge is 0.790 e. The Hall–Kier alpha value is 1.57. The van der Waals surface area contributed by atoms with Crippen molar-refractivity contribution in [2.45, 2.75) is 0 Å². The van der Waals surface area contributed by atoms with E-state index >= 15 is 0 Å². The van der Waals surface area contributed by atoms with Crippen LogP contribution < -0.4 is 20.0 Å². The van der Waals surface area contributed by atoms with E-state index in [0.717, 1.165) is 0 Å². The van der Waals surface area contributed by atoms with Gasteiger partial charge in [-0.15, -0.1) is 0 Å². The number of hydrogen-bond donors (Lipinski definition) is 1. The van der Waals surface area contributed by atoms with Gasteiger partial charge in [-0.05, 0) is 0 Å². The van der Waals surface area contributed by atoms with Crippen LogP contribution in [0.15, 0.2) is 0 Å². The van der Waals surface area contributed by atoms with E-state index in [9.17, 15) is 0 Å². The van der Waals surface area contributed by atoms with Crippen LogP contribution in [0.25, 0.3) is 0 Å². The second-order valence-electron chi connectivity index (χ2n) is 1.04. The van der Waals surface area contributed by atoms with E-state index in [1.165, 1.54) is 0 Å². The molecule has 0 aromatic heterocycles. The van der Waals surface area contributed by atoms with Gasteiger partial charge in [-0.3, -0.25) is 0 Å². The number of rotatable bonds is 0. The monoisotopic (exact) mass is 264 g/mol. The zero-order valence-electron chi connectivity index (χ0n) is 6.17. The molecule has 8 nitrogen and oxygen atoms in total. The average molecular weight is 264 g/mol. The number of aliphatic carboxylic acids is 2. The summed E-state index contributed by atoms with van der Waals surface area (Å²) in [5, 5.41) is 17.9. The molecule has 0 aliphatic carbocycles. The van der Waals surface area contributed by atoms with E-state index in [4.69, 9.17) is 39.0 Å². The molecule has 0 unspecified atom stereocenters. The molecule has 0 bridgehead atoms. The van der Waals surface area contributed by atoms with Crippen LogP contribution in [-0.2, 0) is 14.2 Å². The van der Waals surface area contributed by atoms with Crippen LogP contribution in [0.1, 0.15) is 0 Å². The molecule has 0 aromatic rings. The van der Waals surface area contributed by atoms with Gasteiger partial charge < -0.3 is 39.0 Å². The minimum Gasteiger partial charge on any atom is -0.790 e. The second-order valence-corrected chi connectivity index (χ2v) is 1.98. The molecule has 66 valence electrons. The summed E-state index contributed by atoms with van der Waals surface area (Å²) in [6.07, 6.45) is 0.